The normalized spacial score (nSPS) is 18.4. The molecule has 1 aromatic heterocycles. The topological polar surface area (TPSA) is 65.2 Å². The lowest BCUT2D eigenvalue weighted by atomic mass is 9.80. The predicted octanol–water partition coefficient (Wildman–Crippen LogP) is 7.93. The Morgan fingerprint density at radius 1 is 0.879 bits per heavy atom. The highest BCUT2D eigenvalue weighted by atomic mass is 16.5. The van der Waals surface area contributed by atoms with Gasteiger partial charge in [0.05, 0.1) is 5.92 Å². The quantitative estimate of drug-likeness (QED) is 0.165. The first-order valence-corrected chi connectivity index (χ1v) is 13.3. The molecule has 0 bridgehead atoms. The van der Waals surface area contributed by atoms with E-state index in [1.165, 1.54) is 57.8 Å². The van der Waals surface area contributed by atoms with Crippen molar-refractivity contribution in [1.82, 2.24) is 10.2 Å². The molecule has 0 amide bonds. The molecule has 1 fully saturated rings. The first kappa shape index (κ1) is 25.5. The first-order chi connectivity index (χ1) is 16.2. The zero-order valence-corrected chi connectivity index (χ0v) is 20.7. The lowest BCUT2D eigenvalue weighted by Crippen LogP contribution is -2.25. The molecule has 0 N–H and O–H groups in total. The van der Waals surface area contributed by atoms with E-state index in [4.69, 9.17) is 9.15 Å². The third-order valence-electron chi connectivity index (χ3n) is 6.91. The average Bonchev–Trinajstić information content (AvgIpc) is 3.31. The molecule has 0 unspecified atom stereocenters. The SMILES string of the molecule is CCCCCCCCCCc1nnc(-c2ccc(OC(=O)[C@H]3CC[C@H](CCC)CC3)cc2)o1. The summed E-state index contributed by atoms with van der Waals surface area (Å²) in [7, 11) is 0. The van der Waals surface area contributed by atoms with Crippen LogP contribution in [0, 0.1) is 11.8 Å². The molecule has 5 nitrogen and oxygen atoms in total. The van der Waals surface area contributed by atoms with Crippen LogP contribution in [0.4, 0.5) is 0 Å². The number of esters is 1. The molecule has 33 heavy (non-hydrogen) atoms. The Morgan fingerprint density at radius 3 is 2.21 bits per heavy atom. The maximum atomic E-state index is 12.5. The lowest BCUT2D eigenvalue weighted by Gasteiger charge is -2.26. The number of unbranched alkanes of at least 4 members (excludes halogenated alkanes) is 7. The Labute approximate surface area is 199 Å². The van der Waals surface area contributed by atoms with E-state index in [0.717, 1.165) is 50.0 Å². The number of carbonyl (C=O) groups is 1. The van der Waals surface area contributed by atoms with Gasteiger partial charge in [-0.05, 0) is 62.3 Å². The van der Waals surface area contributed by atoms with Gasteiger partial charge < -0.3 is 9.15 Å². The van der Waals surface area contributed by atoms with E-state index in [1.54, 1.807) is 0 Å². The molecule has 5 heteroatoms. The van der Waals surface area contributed by atoms with Gasteiger partial charge in [0.1, 0.15) is 5.75 Å². The van der Waals surface area contributed by atoms with E-state index in [1.807, 2.05) is 24.3 Å². The zero-order valence-electron chi connectivity index (χ0n) is 20.7. The predicted molar refractivity (Wildman–Crippen MR) is 132 cm³/mol. The summed E-state index contributed by atoms with van der Waals surface area (Å²) >= 11 is 0. The van der Waals surface area contributed by atoms with Gasteiger partial charge >= 0.3 is 5.97 Å². The van der Waals surface area contributed by atoms with Gasteiger partial charge in [-0.3, -0.25) is 4.79 Å². The Balaban J connectivity index is 1.38. The van der Waals surface area contributed by atoms with Crippen molar-refractivity contribution in [2.24, 2.45) is 11.8 Å². The summed E-state index contributed by atoms with van der Waals surface area (Å²) in [5.74, 6) is 2.53. The largest absolute Gasteiger partial charge is 0.426 e. The molecule has 3 rings (SSSR count). The molecule has 1 aliphatic rings. The first-order valence-electron chi connectivity index (χ1n) is 13.3. The number of aryl methyl sites for hydroxylation is 1. The van der Waals surface area contributed by atoms with Crippen LogP contribution in [0.5, 0.6) is 5.75 Å². The maximum Gasteiger partial charge on any atom is 0.314 e. The summed E-state index contributed by atoms with van der Waals surface area (Å²) in [5.41, 5.74) is 0.851. The van der Waals surface area contributed by atoms with Crippen LogP contribution in [0.3, 0.4) is 0 Å². The van der Waals surface area contributed by atoms with Crippen molar-refractivity contribution < 1.29 is 13.9 Å². The molecule has 2 aromatic rings. The van der Waals surface area contributed by atoms with E-state index in [2.05, 4.69) is 24.0 Å². The van der Waals surface area contributed by atoms with Gasteiger partial charge in [-0.25, -0.2) is 0 Å². The number of carbonyl (C=O) groups excluding carboxylic acids is 1. The minimum Gasteiger partial charge on any atom is -0.426 e. The molecule has 1 aliphatic carbocycles. The van der Waals surface area contributed by atoms with Crippen molar-refractivity contribution in [1.29, 1.82) is 0 Å². The Hall–Kier alpha value is -2.17. The molecule has 0 radical (unpaired) electrons. The van der Waals surface area contributed by atoms with Crippen LogP contribution >= 0.6 is 0 Å². The number of nitrogens with zero attached hydrogens (tertiary/aromatic N) is 2. The second-order valence-electron chi connectivity index (χ2n) is 9.68. The number of ether oxygens (including phenoxy) is 1. The van der Waals surface area contributed by atoms with Crippen molar-refractivity contribution in [3.05, 3.63) is 30.2 Å². The van der Waals surface area contributed by atoms with Crippen LogP contribution in [-0.4, -0.2) is 16.2 Å². The highest BCUT2D eigenvalue weighted by Gasteiger charge is 2.27. The molecule has 182 valence electrons. The number of rotatable bonds is 14. The fourth-order valence-electron chi connectivity index (χ4n) is 4.84. The summed E-state index contributed by atoms with van der Waals surface area (Å²) in [6.45, 7) is 4.48. The standard InChI is InChI=1S/C28H42N2O3/c1-3-5-6-7-8-9-10-11-13-26-29-30-27(33-26)23-18-20-25(21-19-23)32-28(31)24-16-14-22(12-4-2)15-17-24/h18-22,24H,3-17H2,1-2H3/t22-,24-. The third-order valence-corrected chi connectivity index (χ3v) is 6.91. The lowest BCUT2D eigenvalue weighted by molar-refractivity contribution is -0.140. The Bertz CT molecular complexity index is 807. The molecular weight excluding hydrogens is 412 g/mol. The molecule has 1 heterocycles. The minimum absolute atomic E-state index is 0.0348. The number of hydrogen-bond acceptors (Lipinski definition) is 5. The second-order valence-corrected chi connectivity index (χ2v) is 9.68. The highest BCUT2D eigenvalue weighted by molar-refractivity contribution is 5.75. The smallest absolute Gasteiger partial charge is 0.314 e. The maximum absolute atomic E-state index is 12.5. The molecule has 0 spiro atoms. The summed E-state index contributed by atoms with van der Waals surface area (Å²) in [5, 5.41) is 8.40. The number of hydrogen-bond donors (Lipinski definition) is 0. The van der Waals surface area contributed by atoms with Gasteiger partial charge in [0.25, 0.3) is 0 Å². The number of benzene rings is 1. The monoisotopic (exact) mass is 454 g/mol. The van der Waals surface area contributed by atoms with Crippen LogP contribution in [0.15, 0.2) is 28.7 Å². The van der Waals surface area contributed by atoms with Crippen molar-refractivity contribution in [2.45, 2.75) is 110 Å². The van der Waals surface area contributed by atoms with Crippen molar-refractivity contribution in [3.8, 4) is 17.2 Å². The van der Waals surface area contributed by atoms with E-state index in [-0.39, 0.29) is 11.9 Å². The van der Waals surface area contributed by atoms with Crippen LogP contribution in [0.25, 0.3) is 11.5 Å². The van der Waals surface area contributed by atoms with Crippen LogP contribution in [-0.2, 0) is 11.2 Å². The van der Waals surface area contributed by atoms with Crippen molar-refractivity contribution in [2.75, 3.05) is 0 Å². The van der Waals surface area contributed by atoms with Gasteiger partial charge in [0.15, 0.2) is 0 Å². The Morgan fingerprint density at radius 2 is 1.55 bits per heavy atom. The van der Waals surface area contributed by atoms with Gasteiger partial charge in [-0.15, -0.1) is 10.2 Å². The van der Waals surface area contributed by atoms with E-state index < -0.39 is 0 Å². The Kier molecular flexibility index (Phi) is 10.9. The highest BCUT2D eigenvalue weighted by Crippen LogP contribution is 2.32. The van der Waals surface area contributed by atoms with Gasteiger partial charge in [0.2, 0.25) is 11.8 Å². The van der Waals surface area contributed by atoms with Crippen LogP contribution < -0.4 is 4.74 Å². The molecular formula is C28H42N2O3. The minimum atomic E-state index is -0.0943. The van der Waals surface area contributed by atoms with Gasteiger partial charge in [0, 0.05) is 12.0 Å². The van der Waals surface area contributed by atoms with E-state index in [0.29, 0.717) is 17.5 Å². The summed E-state index contributed by atoms with van der Waals surface area (Å²) in [6, 6.07) is 7.40. The summed E-state index contributed by atoms with van der Waals surface area (Å²) < 4.78 is 11.5. The van der Waals surface area contributed by atoms with E-state index in [9.17, 15) is 4.79 Å². The molecule has 1 saturated carbocycles. The fourth-order valence-corrected chi connectivity index (χ4v) is 4.84. The van der Waals surface area contributed by atoms with Crippen LogP contribution in [0.1, 0.15) is 110 Å². The zero-order chi connectivity index (χ0) is 23.3. The second kappa shape index (κ2) is 14.2. The fraction of sp³-hybridized carbons (Fsp3) is 0.679. The molecule has 0 atom stereocenters. The van der Waals surface area contributed by atoms with Crippen LogP contribution in [0.2, 0.25) is 0 Å². The summed E-state index contributed by atoms with van der Waals surface area (Å²) in [4.78, 5) is 12.5. The average molecular weight is 455 g/mol. The van der Waals surface area contributed by atoms with Crippen molar-refractivity contribution in [3.63, 3.8) is 0 Å². The molecule has 1 aromatic carbocycles. The van der Waals surface area contributed by atoms with E-state index >= 15 is 0 Å². The molecule has 0 saturated heterocycles. The summed E-state index contributed by atoms with van der Waals surface area (Å²) in [6.07, 6.45) is 17.8. The number of aromatic nitrogens is 2. The van der Waals surface area contributed by atoms with Crippen molar-refractivity contribution >= 4 is 5.97 Å². The molecule has 0 aliphatic heterocycles. The van der Waals surface area contributed by atoms with Gasteiger partial charge in [-0.1, -0.05) is 71.6 Å². The third kappa shape index (κ3) is 8.60. The van der Waals surface area contributed by atoms with Gasteiger partial charge in [-0.2, -0.15) is 0 Å².